The zero-order valence-electron chi connectivity index (χ0n) is 11.8. The Morgan fingerprint density at radius 3 is 2.95 bits per heavy atom. The molecule has 0 N–H and O–H groups in total. The van der Waals surface area contributed by atoms with Gasteiger partial charge in [-0.15, -0.1) is 0 Å². The number of esters is 1. The second-order valence-electron chi connectivity index (χ2n) is 4.63. The molecule has 2 aromatic rings. The van der Waals surface area contributed by atoms with Gasteiger partial charge in [0, 0.05) is 12.4 Å². The van der Waals surface area contributed by atoms with Crippen LogP contribution in [0.5, 0.6) is 0 Å². The largest absolute Gasteiger partial charge is 0.465 e. The highest BCUT2D eigenvalue weighted by Crippen LogP contribution is 2.31. The number of para-hydroxylation sites is 2. The van der Waals surface area contributed by atoms with Crippen molar-refractivity contribution in [2.75, 3.05) is 24.6 Å². The molecule has 2 heterocycles. The van der Waals surface area contributed by atoms with Crippen molar-refractivity contribution in [2.45, 2.75) is 6.92 Å². The standard InChI is InChI=1S/C15H16N4O2/c1-2-21-15(20)11-18-10-14(19-9-5-8-16-19)17-12-6-3-4-7-13(12)18/h3-9H,2,10-11H2,1H3. The average molecular weight is 284 g/mol. The number of aliphatic imine (C=N–C) groups is 1. The quantitative estimate of drug-likeness (QED) is 0.807. The molecule has 6 heteroatoms. The molecule has 1 aromatic heterocycles. The summed E-state index contributed by atoms with van der Waals surface area (Å²) in [5.41, 5.74) is 1.76. The van der Waals surface area contributed by atoms with E-state index in [1.54, 1.807) is 17.8 Å². The molecule has 1 aromatic carbocycles. The molecule has 1 aliphatic rings. The molecule has 108 valence electrons. The smallest absolute Gasteiger partial charge is 0.325 e. The van der Waals surface area contributed by atoms with Crippen molar-refractivity contribution in [3.8, 4) is 0 Å². The number of hydrogen-bond donors (Lipinski definition) is 0. The van der Waals surface area contributed by atoms with Gasteiger partial charge in [-0.25, -0.2) is 9.67 Å². The second kappa shape index (κ2) is 5.78. The van der Waals surface area contributed by atoms with Gasteiger partial charge >= 0.3 is 5.97 Å². The first kappa shape index (κ1) is 13.4. The highest BCUT2D eigenvalue weighted by Gasteiger charge is 2.22. The predicted molar refractivity (Wildman–Crippen MR) is 80.0 cm³/mol. The van der Waals surface area contributed by atoms with Gasteiger partial charge in [0.1, 0.15) is 12.4 Å². The first-order valence-electron chi connectivity index (χ1n) is 6.85. The number of aromatic nitrogens is 2. The fraction of sp³-hybridized carbons (Fsp3) is 0.267. The van der Waals surface area contributed by atoms with E-state index in [4.69, 9.17) is 4.74 Å². The summed E-state index contributed by atoms with van der Waals surface area (Å²) in [4.78, 5) is 18.4. The van der Waals surface area contributed by atoms with Crippen LogP contribution in [0.25, 0.3) is 0 Å². The average Bonchev–Trinajstić information content (AvgIpc) is 3.01. The second-order valence-corrected chi connectivity index (χ2v) is 4.63. The molecular formula is C15H16N4O2. The summed E-state index contributed by atoms with van der Waals surface area (Å²) in [6.07, 6.45) is 3.55. The number of benzene rings is 1. The van der Waals surface area contributed by atoms with Crippen molar-refractivity contribution in [3.05, 3.63) is 42.7 Å². The topological polar surface area (TPSA) is 59.7 Å². The Bertz CT molecular complexity index is 664. The van der Waals surface area contributed by atoms with Crippen molar-refractivity contribution in [3.63, 3.8) is 0 Å². The molecule has 0 aliphatic carbocycles. The minimum Gasteiger partial charge on any atom is -0.465 e. The number of hydrogen-bond acceptors (Lipinski definition) is 5. The van der Waals surface area contributed by atoms with Crippen LogP contribution in [0.3, 0.4) is 0 Å². The molecule has 0 amide bonds. The van der Waals surface area contributed by atoms with Crippen LogP contribution in [0.1, 0.15) is 6.92 Å². The fourth-order valence-electron chi connectivity index (χ4n) is 2.31. The van der Waals surface area contributed by atoms with E-state index in [-0.39, 0.29) is 12.5 Å². The highest BCUT2D eigenvalue weighted by molar-refractivity contribution is 5.96. The maximum atomic E-state index is 11.8. The molecule has 1 aliphatic heterocycles. The van der Waals surface area contributed by atoms with Gasteiger partial charge in [0.15, 0.2) is 0 Å². The van der Waals surface area contributed by atoms with E-state index in [9.17, 15) is 4.79 Å². The van der Waals surface area contributed by atoms with E-state index in [0.717, 1.165) is 17.2 Å². The molecular weight excluding hydrogens is 268 g/mol. The van der Waals surface area contributed by atoms with E-state index in [2.05, 4.69) is 10.1 Å². The summed E-state index contributed by atoms with van der Waals surface area (Å²) in [6, 6.07) is 9.59. The van der Waals surface area contributed by atoms with Gasteiger partial charge in [-0.05, 0) is 25.1 Å². The molecule has 0 saturated carbocycles. The third-order valence-electron chi connectivity index (χ3n) is 3.20. The maximum Gasteiger partial charge on any atom is 0.325 e. The number of fused-ring (bicyclic) bond motifs is 1. The fourth-order valence-corrected chi connectivity index (χ4v) is 2.31. The summed E-state index contributed by atoms with van der Waals surface area (Å²) in [6.45, 7) is 2.90. The number of nitrogens with zero attached hydrogens (tertiary/aromatic N) is 4. The van der Waals surface area contributed by atoms with Crippen LogP contribution in [-0.4, -0.2) is 41.3 Å². The highest BCUT2D eigenvalue weighted by atomic mass is 16.5. The molecule has 0 fully saturated rings. The summed E-state index contributed by atoms with van der Waals surface area (Å²) >= 11 is 0. The lowest BCUT2D eigenvalue weighted by Gasteiger charge is -2.29. The lowest BCUT2D eigenvalue weighted by atomic mass is 10.2. The Balaban J connectivity index is 1.92. The van der Waals surface area contributed by atoms with Crippen molar-refractivity contribution in [1.82, 2.24) is 9.78 Å². The molecule has 0 saturated heterocycles. The maximum absolute atomic E-state index is 11.8. The number of rotatable bonds is 3. The van der Waals surface area contributed by atoms with E-state index >= 15 is 0 Å². The Labute approximate surface area is 122 Å². The lowest BCUT2D eigenvalue weighted by molar-refractivity contribution is -0.141. The third-order valence-corrected chi connectivity index (χ3v) is 3.20. The van der Waals surface area contributed by atoms with Crippen LogP contribution in [0.2, 0.25) is 0 Å². The van der Waals surface area contributed by atoms with E-state index in [0.29, 0.717) is 13.2 Å². The van der Waals surface area contributed by atoms with Crippen LogP contribution < -0.4 is 4.90 Å². The minimum atomic E-state index is -0.242. The van der Waals surface area contributed by atoms with Crippen LogP contribution in [0.15, 0.2) is 47.7 Å². The monoisotopic (exact) mass is 284 g/mol. The van der Waals surface area contributed by atoms with Gasteiger partial charge in [0.2, 0.25) is 0 Å². The van der Waals surface area contributed by atoms with Gasteiger partial charge < -0.3 is 9.64 Å². The summed E-state index contributed by atoms with van der Waals surface area (Å²) < 4.78 is 6.76. The van der Waals surface area contributed by atoms with Gasteiger partial charge in [-0.3, -0.25) is 4.79 Å². The molecule has 21 heavy (non-hydrogen) atoms. The van der Waals surface area contributed by atoms with Crippen LogP contribution in [0, 0.1) is 0 Å². The van der Waals surface area contributed by atoms with E-state index in [1.807, 2.05) is 41.4 Å². The number of carbonyl (C=O) groups is 1. The molecule has 3 rings (SSSR count). The zero-order chi connectivity index (χ0) is 14.7. The molecule has 0 radical (unpaired) electrons. The van der Waals surface area contributed by atoms with Crippen LogP contribution in [-0.2, 0) is 9.53 Å². The van der Waals surface area contributed by atoms with Crippen LogP contribution >= 0.6 is 0 Å². The lowest BCUT2D eigenvalue weighted by Crippen LogP contribution is -2.39. The molecule has 0 bridgehead atoms. The number of carbonyl (C=O) groups excluding carboxylic acids is 1. The predicted octanol–water partition coefficient (Wildman–Crippen LogP) is 1.84. The molecule has 6 nitrogen and oxygen atoms in total. The van der Waals surface area contributed by atoms with Gasteiger partial charge in [0.05, 0.1) is 24.5 Å². The summed E-state index contributed by atoms with van der Waals surface area (Å²) in [7, 11) is 0. The van der Waals surface area contributed by atoms with E-state index < -0.39 is 0 Å². The number of anilines is 1. The third kappa shape index (κ3) is 2.79. The zero-order valence-corrected chi connectivity index (χ0v) is 11.8. The van der Waals surface area contributed by atoms with E-state index in [1.165, 1.54) is 0 Å². The minimum absolute atomic E-state index is 0.200. The number of ether oxygens (including phenoxy) is 1. The first-order valence-corrected chi connectivity index (χ1v) is 6.85. The molecule has 0 atom stereocenters. The molecule has 0 unspecified atom stereocenters. The first-order chi connectivity index (χ1) is 10.3. The van der Waals surface area contributed by atoms with Gasteiger partial charge in [-0.1, -0.05) is 12.1 Å². The van der Waals surface area contributed by atoms with Gasteiger partial charge in [0.25, 0.3) is 0 Å². The summed E-state index contributed by atoms with van der Waals surface area (Å²) in [5.74, 6) is 0.539. The normalized spacial score (nSPS) is 13.6. The molecule has 0 spiro atoms. The van der Waals surface area contributed by atoms with Crippen molar-refractivity contribution in [1.29, 1.82) is 0 Å². The Morgan fingerprint density at radius 1 is 1.33 bits per heavy atom. The van der Waals surface area contributed by atoms with Crippen molar-refractivity contribution in [2.24, 2.45) is 4.99 Å². The van der Waals surface area contributed by atoms with Crippen molar-refractivity contribution >= 4 is 23.2 Å². The van der Waals surface area contributed by atoms with Crippen LogP contribution in [0.4, 0.5) is 11.4 Å². The Hall–Kier alpha value is -2.63. The van der Waals surface area contributed by atoms with Gasteiger partial charge in [-0.2, -0.15) is 5.10 Å². The summed E-state index contributed by atoms with van der Waals surface area (Å²) in [5, 5.41) is 4.21. The van der Waals surface area contributed by atoms with Crippen molar-refractivity contribution < 1.29 is 9.53 Å². The SMILES string of the molecule is CCOC(=O)CN1CC(n2cccn2)=Nc2ccccc21. The Kier molecular flexibility index (Phi) is 3.68. The Morgan fingerprint density at radius 2 is 2.19 bits per heavy atom.